The Morgan fingerprint density at radius 2 is 1.59 bits per heavy atom. The highest BCUT2D eigenvalue weighted by Gasteiger charge is 2.51. The van der Waals surface area contributed by atoms with Crippen molar-refractivity contribution in [1.29, 1.82) is 0 Å². The maximum Gasteiger partial charge on any atom is 0.494 e. The molecule has 112 valence electrons. The molecule has 2 heterocycles. The van der Waals surface area contributed by atoms with Gasteiger partial charge in [-0.2, -0.15) is 0 Å². The number of para-hydroxylation sites is 1. The number of rotatable bonds is 1. The zero-order valence-electron chi connectivity index (χ0n) is 14.3. The molecular weight excluding hydrogens is 275 g/mol. The molecule has 4 heteroatoms. The Bertz CT molecular complexity index is 897. The number of furan rings is 1. The van der Waals surface area contributed by atoms with Gasteiger partial charge in [-0.05, 0) is 45.3 Å². The molecule has 0 aliphatic carbocycles. The molecule has 0 spiro atoms. The zero-order chi connectivity index (χ0) is 16.4. The van der Waals surface area contributed by atoms with Crippen LogP contribution < -0.4 is 5.46 Å². The largest absolute Gasteiger partial charge is 0.494 e. The molecule has 1 saturated heterocycles. The van der Waals surface area contributed by atoms with Gasteiger partial charge in [0.15, 0.2) is 0 Å². The fraction of sp³-hybridized carbons (Fsp3) is 0.333. The summed E-state index contributed by atoms with van der Waals surface area (Å²) in [5.74, 6) is 0. The Labute approximate surface area is 131 Å². The summed E-state index contributed by atoms with van der Waals surface area (Å²) in [5.41, 5.74) is 1.46. The van der Waals surface area contributed by atoms with E-state index in [4.69, 9.17) is 15.1 Å². The third-order valence-electron chi connectivity index (χ3n) is 4.84. The van der Waals surface area contributed by atoms with Crippen LogP contribution in [-0.4, -0.2) is 18.3 Å². The monoisotopic (exact) mass is 295 g/mol. The second kappa shape index (κ2) is 4.37. The van der Waals surface area contributed by atoms with E-state index in [0.29, 0.717) is 11.6 Å². The van der Waals surface area contributed by atoms with Crippen LogP contribution >= 0.6 is 0 Å². The maximum atomic E-state index is 8.29. The summed E-state index contributed by atoms with van der Waals surface area (Å²) < 4.78 is 26.3. The Morgan fingerprint density at radius 3 is 2.32 bits per heavy atom. The Morgan fingerprint density at radius 1 is 0.909 bits per heavy atom. The molecule has 1 aliphatic heterocycles. The van der Waals surface area contributed by atoms with E-state index in [-0.39, 0.29) is 0 Å². The SMILES string of the molecule is [2H]c1cc(B2OC(C)(C)C(C)(C)O2)cc2c1oc1ccccc12. The number of benzene rings is 2. The molecule has 0 amide bonds. The molecule has 0 radical (unpaired) electrons. The van der Waals surface area contributed by atoms with E-state index >= 15 is 0 Å². The van der Waals surface area contributed by atoms with E-state index in [1.807, 2.05) is 58.0 Å². The van der Waals surface area contributed by atoms with Crippen LogP contribution in [0.15, 0.2) is 46.9 Å². The van der Waals surface area contributed by atoms with Crippen molar-refractivity contribution in [2.24, 2.45) is 0 Å². The molecule has 1 fully saturated rings. The van der Waals surface area contributed by atoms with E-state index in [1.54, 1.807) is 6.07 Å². The van der Waals surface area contributed by atoms with Gasteiger partial charge in [-0.25, -0.2) is 0 Å². The highest BCUT2D eigenvalue weighted by Crippen LogP contribution is 2.37. The van der Waals surface area contributed by atoms with Crippen LogP contribution in [0.1, 0.15) is 29.1 Å². The first kappa shape index (κ1) is 12.7. The molecule has 0 atom stereocenters. The third kappa shape index (κ3) is 1.91. The fourth-order valence-electron chi connectivity index (χ4n) is 2.79. The Hall–Kier alpha value is -1.78. The average molecular weight is 295 g/mol. The van der Waals surface area contributed by atoms with Crippen molar-refractivity contribution in [2.45, 2.75) is 38.9 Å². The van der Waals surface area contributed by atoms with Crippen LogP contribution in [0.2, 0.25) is 0 Å². The van der Waals surface area contributed by atoms with Gasteiger partial charge in [-0.3, -0.25) is 0 Å². The van der Waals surface area contributed by atoms with E-state index in [0.717, 1.165) is 21.8 Å². The Kier molecular flexibility index (Phi) is 2.53. The van der Waals surface area contributed by atoms with Gasteiger partial charge in [-0.15, -0.1) is 0 Å². The predicted octanol–water partition coefficient (Wildman–Crippen LogP) is 3.89. The standard InChI is InChI=1S/C18H19BO3/c1-17(2)18(3,4)22-19(21-17)12-9-10-16-14(11-12)13-7-5-6-8-15(13)20-16/h5-11H,1-4H3/i10D. The quantitative estimate of drug-likeness (QED) is 0.638. The normalized spacial score (nSPS) is 20.7. The average Bonchev–Trinajstić information content (AvgIpc) is 2.95. The number of fused-ring (bicyclic) bond motifs is 3. The summed E-state index contributed by atoms with van der Waals surface area (Å²) in [6.07, 6.45) is 0. The minimum Gasteiger partial charge on any atom is -0.456 e. The third-order valence-corrected chi connectivity index (χ3v) is 4.84. The molecule has 1 aliphatic rings. The Balaban J connectivity index is 1.88. The topological polar surface area (TPSA) is 31.6 Å². The van der Waals surface area contributed by atoms with Gasteiger partial charge >= 0.3 is 7.12 Å². The van der Waals surface area contributed by atoms with Gasteiger partial charge in [0.05, 0.1) is 12.6 Å². The van der Waals surface area contributed by atoms with Gasteiger partial charge in [0.1, 0.15) is 11.2 Å². The van der Waals surface area contributed by atoms with Gasteiger partial charge < -0.3 is 13.7 Å². The van der Waals surface area contributed by atoms with Crippen molar-refractivity contribution < 1.29 is 15.1 Å². The summed E-state index contributed by atoms with van der Waals surface area (Å²) in [5, 5.41) is 1.94. The molecule has 22 heavy (non-hydrogen) atoms. The predicted molar refractivity (Wildman–Crippen MR) is 89.4 cm³/mol. The molecule has 2 aromatic carbocycles. The summed E-state index contributed by atoms with van der Waals surface area (Å²) >= 11 is 0. The van der Waals surface area contributed by atoms with Crippen LogP contribution in [0, 0.1) is 0 Å². The summed E-state index contributed by atoms with van der Waals surface area (Å²) in [6, 6.07) is 12.0. The first-order valence-electron chi connectivity index (χ1n) is 8.06. The summed E-state index contributed by atoms with van der Waals surface area (Å²) in [4.78, 5) is 0. The number of hydrogen-bond acceptors (Lipinski definition) is 3. The molecule has 3 nitrogen and oxygen atoms in total. The molecule has 1 aromatic heterocycles. The van der Waals surface area contributed by atoms with Crippen molar-refractivity contribution in [3.63, 3.8) is 0 Å². The second-order valence-corrected chi connectivity index (χ2v) is 6.86. The minimum atomic E-state index is -0.470. The highest BCUT2D eigenvalue weighted by atomic mass is 16.7. The molecule has 0 unspecified atom stereocenters. The van der Waals surface area contributed by atoms with E-state index in [1.165, 1.54) is 0 Å². The highest BCUT2D eigenvalue weighted by molar-refractivity contribution is 6.62. The molecular formula is C18H19BO3. The van der Waals surface area contributed by atoms with E-state index in [9.17, 15) is 0 Å². The van der Waals surface area contributed by atoms with Gasteiger partial charge in [0.25, 0.3) is 0 Å². The lowest BCUT2D eigenvalue weighted by Crippen LogP contribution is -2.41. The molecule has 0 N–H and O–H groups in total. The first-order chi connectivity index (χ1) is 10.8. The fourth-order valence-corrected chi connectivity index (χ4v) is 2.79. The molecule has 0 saturated carbocycles. The summed E-state index contributed by atoms with van der Waals surface area (Å²) in [6.45, 7) is 8.11. The van der Waals surface area contributed by atoms with Crippen LogP contribution in [0.25, 0.3) is 21.9 Å². The summed E-state index contributed by atoms with van der Waals surface area (Å²) in [7, 11) is -0.470. The van der Waals surface area contributed by atoms with Gasteiger partial charge in [0.2, 0.25) is 0 Å². The zero-order valence-corrected chi connectivity index (χ0v) is 13.3. The van der Waals surface area contributed by atoms with Crippen LogP contribution in [0.3, 0.4) is 0 Å². The smallest absolute Gasteiger partial charge is 0.456 e. The van der Waals surface area contributed by atoms with Crippen molar-refractivity contribution in [1.82, 2.24) is 0 Å². The van der Waals surface area contributed by atoms with E-state index < -0.39 is 18.3 Å². The maximum absolute atomic E-state index is 8.29. The van der Waals surface area contributed by atoms with Crippen LogP contribution in [-0.2, 0) is 9.31 Å². The number of hydrogen-bond donors (Lipinski definition) is 0. The lowest BCUT2D eigenvalue weighted by molar-refractivity contribution is 0.00578. The lowest BCUT2D eigenvalue weighted by Gasteiger charge is -2.32. The minimum absolute atomic E-state index is 0.350. The van der Waals surface area contributed by atoms with Gasteiger partial charge in [-0.1, -0.05) is 30.3 Å². The van der Waals surface area contributed by atoms with Gasteiger partial charge in [0, 0.05) is 10.8 Å². The first-order valence-corrected chi connectivity index (χ1v) is 7.56. The second-order valence-electron chi connectivity index (χ2n) is 6.86. The van der Waals surface area contributed by atoms with Crippen molar-refractivity contribution in [3.05, 3.63) is 42.4 Å². The molecule has 0 bridgehead atoms. The van der Waals surface area contributed by atoms with Crippen molar-refractivity contribution >= 4 is 34.5 Å². The van der Waals surface area contributed by atoms with Crippen molar-refractivity contribution in [2.75, 3.05) is 0 Å². The molecule has 3 aromatic rings. The van der Waals surface area contributed by atoms with E-state index in [2.05, 4.69) is 0 Å². The van der Waals surface area contributed by atoms with Crippen molar-refractivity contribution in [3.8, 4) is 0 Å². The van der Waals surface area contributed by atoms with Crippen LogP contribution in [0.4, 0.5) is 0 Å². The molecule has 4 rings (SSSR count). The van der Waals surface area contributed by atoms with Crippen LogP contribution in [0.5, 0.6) is 0 Å². The lowest BCUT2D eigenvalue weighted by atomic mass is 9.78.